The molecule has 0 bridgehead atoms. The van der Waals surface area contributed by atoms with Crippen molar-refractivity contribution in [1.82, 2.24) is 9.88 Å². The van der Waals surface area contributed by atoms with E-state index in [1.165, 1.54) is 11.1 Å². The van der Waals surface area contributed by atoms with Gasteiger partial charge in [0, 0.05) is 32.0 Å². The Kier molecular flexibility index (Phi) is 4.63. The SMILES string of the molecule is Cc1ccc(OCC(C)NCc2ccn(C)c2)cc1. The van der Waals surface area contributed by atoms with Crippen LogP contribution in [0.2, 0.25) is 0 Å². The molecular weight excluding hydrogens is 236 g/mol. The third-order valence-corrected chi connectivity index (χ3v) is 3.07. The van der Waals surface area contributed by atoms with Crippen molar-refractivity contribution in [3.05, 3.63) is 53.9 Å². The molecule has 1 unspecified atom stereocenters. The molecule has 0 radical (unpaired) electrons. The summed E-state index contributed by atoms with van der Waals surface area (Å²) < 4.78 is 7.81. The highest BCUT2D eigenvalue weighted by Crippen LogP contribution is 2.11. The Morgan fingerprint density at radius 1 is 1.21 bits per heavy atom. The average molecular weight is 258 g/mol. The standard InChI is InChI=1S/C16H22N2O/c1-13-4-6-16(7-5-13)19-12-14(2)17-10-15-8-9-18(3)11-15/h4-9,11,14,17H,10,12H2,1-3H3. The van der Waals surface area contributed by atoms with E-state index in [0.29, 0.717) is 12.6 Å². The van der Waals surface area contributed by atoms with Crippen molar-refractivity contribution in [3.63, 3.8) is 0 Å². The molecule has 0 saturated heterocycles. The summed E-state index contributed by atoms with van der Waals surface area (Å²) in [4.78, 5) is 0. The lowest BCUT2D eigenvalue weighted by Gasteiger charge is -2.14. The van der Waals surface area contributed by atoms with Gasteiger partial charge in [0.05, 0.1) is 0 Å². The molecule has 0 fully saturated rings. The molecule has 0 saturated carbocycles. The van der Waals surface area contributed by atoms with Crippen LogP contribution in [0.15, 0.2) is 42.7 Å². The van der Waals surface area contributed by atoms with Crippen LogP contribution in [0.25, 0.3) is 0 Å². The Balaban J connectivity index is 1.72. The number of aryl methyl sites for hydroxylation is 2. The van der Waals surface area contributed by atoms with E-state index in [-0.39, 0.29) is 0 Å². The molecule has 1 N–H and O–H groups in total. The lowest BCUT2D eigenvalue weighted by Crippen LogP contribution is -2.31. The highest BCUT2D eigenvalue weighted by Gasteiger charge is 2.03. The fourth-order valence-electron chi connectivity index (χ4n) is 1.87. The Bertz CT molecular complexity index is 502. The number of rotatable bonds is 6. The predicted octanol–water partition coefficient (Wildman–Crippen LogP) is 2.89. The number of aromatic nitrogens is 1. The van der Waals surface area contributed by atoms with Crippen LogP contribution < -0.4 is 10.1 Å². The second kappa shape index (κ2) is 6.43. The summed E-state index contributed by atoms with van der Waals surface area (Å²) in [7, 11) is 2.04. The number of hydrogen-bond donors (Lipinski definition) is 1. The van der Waals surface area contributed by atoms with Crippen LogP contribution in [0.1, 0.15) is 18.1 Å². The molecule has 0 amide bonds. The van der Waals surface area contributed by atoms with E-state index in [2.05, 4.69) is 54.3 Å². The maximum absolute atomic E-state index is 5.75. The number of nitrogens with zero attached hydrogens (tertiary/aromatic N) is 1. The number of hydrogen-bond acceptors (Lipinski definition) is 2. The van der Waals surface area contributed by atoms with E-state index in [1.807, 2.05) is 19.2 Å². The smallest absolute Gasteiger partial charge is 0.119 e. The first-order valence-corrected chi connectivity index (χ1v) is 6.67. The van der Waals surface area contributed by atoms with Gasteiger partial charge in [-0.3, -0.25) is 0 Å². The largest absolute Gasteiger partial charge is 0.492 e. The summed E-state index contributed by atoms with van der Waals surface area (Å²) in [5.74, 6) is 0.930. The summed E-state index contributed by atoms with van der Waals surface area (Å²) in [6, 6.07) is 10.6. The Labute approximate surface area is 115 Å². The molecule has 1 heterocycles. The van der Waals surface area contributed by atoms with Crippen molar-refractivity contribution in [2.45, 2.75) is 26.4 Å². The molecule has 102 valence electrons. The minimum Gasteiger partial charge on any atom is -0.492 e. The molecule has 0 aliphatic heterocycles. The molecule has 0 spiro atoms. The zero-order valence-corrected chi connectivity index (χ0v) is 11.9. The average Bonchev–Trinajstić information content (AvgIpc) is 2.81. The first-order valence-electron chi connectivity index (χ1n) is 6.67. The first kappa shape index (κ1) is 13.7. The van der Waals surface area contributed by atoms with Crippen LogP contribution >= 0.6 is 0 Å². The number of nitrogens with one attached hydrogen (secondary N) is 1. The van der Waals surface area contributed by atoms with E-state index in [0.717, 1.165) is 12.3 Å². The van der Waals surface area contributed by atoms with E-state index in [9.17, 15) is 0 Å². The van der Waals surface area contributed by atoms with Crippen LogP contribution in [0.5, 0.6) is 5.75 Å². The van der Waals surface area contributed by atoms with Crippen LogP contribution in [-0.2, 0) is 13.6 Å². The highest BCUT2D eigenvalue weighted by atomic mass is 16.5. The lowest BCUT2D eigenvalue weighted by molar-refractivity contribution is 0.272. The fourth-order valence-corrected chi connectivity index (χ4v) is 1.87. The van der Waals surface area contributed by atoms with Gasteiger partial charge < -0.3 is 14.6 Å². The zero-order valence-electron chi connectivity index (χ0n) is 11.9. The van der Waals surface area contributed by atoms with Gasteiger partial charge in [-0.15, -0.1) is 0 Å². The zero-order chi connectivity index (χ0) is 13.7. The van der Waals surface area contributed by atoms with Crippen molar-refractivity contribution in [3.8, 4) is 5.75 Å². The van der Waals surface area contributed by atoms with E-state index >= 15 is 0 Å². The number of benzene rings is 1. The molecule has 0 aliphatic rings. The van der Waals surface area contributed by atoms with Gasteiger partial charge in [0.15, 0.2) is 0 Å². The van der Waals surface area contributed by atoms with Crippen molar-refractivity contribution in [1.29, 1.82) is 0 Å². The molecule has 2 rings (SSSR count). The molecule has 3 heteroatoms. The molecular formula is C16H22N2O. The minimum atomic E-state index is 0.321. The normalized spacial score (nSPS) is 12.4. The van der Waals surface area contributed by atoms with Gasteiger partial charge in [0.25, 0.3) is 0 Å². The van der Waals surface area contributed by atoms with Gasteiger partial charge in [-0.05, 0) is 37.6 Å². The molecule has 1 aromatic heterocycles. The second-order valence-electron chi connectivity index (χ2n) is 5.09. The Hall–Kier alpha value is -1.74. The van der Waals surface area contributed by atoms with Crippen LogP contribution in [-0.4, -0.2) is 17.2 Å². The van der Waals surface area contributed by atoms with Gasteiger partial charge in [0.2, 0.25) is 0 Å². The number of ether oxygens (including phenoxy) is 1. The summed E-state index contributed by atoms with van der Waals surface area (Å²) in [5.41, 5.74) is 2.55. The van der Waals surface area contributed by atoms with Crippen molar-refractivity contribution >= 4 is 0 Å². The topological polar surface area (TPSA) is 26.2 Å². The fraction of sp³-hybridized carbons (Fsp3) is 0.375. The predicted molar refractivity (Wildman–Crippen MR) is 78.4 cm³/mol. The lowest BCUT2D eigenvalue weighted by atomic mass is 10.2. The van der Waals surface area contributed by atoms with Gasteiger partial charge in [-0.1, -0.05) is 17.7 Å². The quantitative estimate of drug-likeness (QED) is 0.862. The molecule has 19 heavy (non-hydrogen) atoms. The van der Waals surface area contributed by atoms with Crippen molar-refractivity contribution in [2.24, 2.45) is 7.05 Å². The molecule has 1 atom stereocenters. The van der Waals surface area contributed by atoms with Gasteiger partial charge >= 0.3 is 0 Å². The summed E-state index contributed by atoms with van der Waals surface area (Å²) in [6.45, 7) is 5.76. The van der Waals surface area contributed by atoms with Crippen LogP contribution in [0, 0.1) is 6.92 Å². The highest BCUT2D eigenvalue weighted by molar-refractivity contribution is 5.26. The monoisotopic (exact) mass is 258 g/mol. The third kappa shape index (κ3) is 4.45. The van der Waals surface area contributed by atoms with Crippen molar-refractivity contribution < 1.29 is 4.74 Å². The van der Waals surface area contributed by atoms with Gasteiger partial charge in [0.1, 0.15) is 12.4 Å². The summed E-state index contributed by atoms with van der Waals surface area (Å²) >= 11 is 0. The first-order chi connectivity index (χ1) is 9.13. The van der Waals surface area contributed by atoms with Gasteiger partial charge in [-0.25, -0.2) is 0 Å². The van der Waals surface area contributed by atoms with E-state index in [1.54, 1.807) is 0 Å². The van der Waals surface area contributed by atoms with Gasteiger partial charge in [-0.2, -0.15) is 0 Å². The Morgan fingerprint density at radius 2 is 1.95 bits per heavy atom. The van der Waals surface area contributed by atoms with Crippen molar-refractivity contribution in [2.75, 3.05) is 6.61 Å². The maximum Gasteiger partial charge on any atom is 0.119 e. The van der Waals surface area contributed by atoms with Crippen LogP contribution in [0.3, 0.4) is 0 Å². The summed E-state index contributed by atoms with van der Waals surface area (Å²) in [5, 5.41) is 3.46. The Morgan fingerprint density at radius 3 is 2.58 bits per heavy atom. The van der Waals surface area contributed by atoms with E-state index < -0.39 is 0 Å². The molecule has 2 aromatic rings. The second-order valence-corrected chi connectivity index (χ2v) is 5.09. The molecule has 1 aromatic carbocycles. The maximum atomic E-state index is 5.75. The minimum absolute atomic E-state index is 0.321. The molecule has 3 nitrogen and oxygen atoms in total. The van der Waals surface area contributed by atoms with E-state index in [4.69, 9.17) is 4.74 Å². The summed E-state index contributed by atoms with van der Waals surface area (Å²) in [6.07, 6.45) is 4.19. The third-order valence-electron chi connectivity index (χ3n) is 3.07. The molecule has 0 aliphatic carbocycles. The van der Waals surface area contributed by atoms with Crippen LogP contribution in [0.4, 0.5) is 0 Å².